The number of aromatic nitrogens is 1. The lowest BCUT2D eigenvalue weighted by Gasteiger charge is -2.44. The summed E-state index contributed by atoms with van der Waals surface area (Å²) in [4.78, 5) is 30.0. The molecule has 4 heterocycles. The number of rotatable bonds is 16. The number of esters is 2. The highest BCUT2D eigenvalue weighted by molar-refractivity contribution is 6.35. The van der Waals surface area contributed by atoms with Crippen LogP contribution in [-0.2, 0) is 20.7 Å². The van der Waals surface area contributed by atoms with Crippen LogP contribution in [0.25, 0.3) is 0 Å². The van der Waals surface area contributed by atoms with Crippen LogP contribution < -0.4 is 24.3 Å². The number of nitrogens with one attached hydrogen (secondary N) is 1. The summed E-state index contributed by atoms with van der Waals surface area (Å²) in [5, 5.41) is 15.3. The van der Waals surface area contributed by atoms with E-state index in [4.69, 9.17) is 46.9 Å². The number of hydrogen-bond acceptors (Lipinski definition) is 10. The molecule has 3 aliphatic heterocycles. The van der Waals surface area contributed by atoms with Gasteiger partial charge in [-0.1, -0.05) is 47.5 Å². The van der Waals surface area contributed by atoms with Crippen molar-refractivity contribution in [2.24, 2.45) is 11.8 Å². The first-order valence-corrected chi connectivity index (χ1v) is 19.2. The smallest absolute Gasteiger partial charge is 0.387 e. The molecule has 3 atom stereocenters. The Balaban J connectivity index is 1.12. The van der Waals surface area contributed by atoms with Crippen molar-refractivity contribution in [3.8, 4) is 17.2 Å². The SMILES string of the molecule is COc1ccccc1C(Nc1ccc(C(=O)O[C@@H](Cc2c(Cl)c[n+]([O-])cc2Cl)c2ccc(OC(F)F)c(OCC3CC3)c2)cc1)C(=O)O[C@H]1CN2CCC1CC2. The van der Waals surface area contributed by atoms with Crippen molar-refractivity contribution < 1.29 is 46.8 Å². The number of halogens is 4. The molecule has 4 fully saturated rings. The lowest BCUT2D eigenvalue weighted by molar-refractivity contribution is -0.605. The highest BCUT2D eigenvalue weighted by atomic mass is 35.5. The fourth-order valence-corrected chi connectivity index (χ4v) is 7.76. The number of nitrogens with zero attached hydrogens (tertiary/aromatic N) is 2. The molecule has 0 amide bonds. The van der Waals surface area contributed by atoms with Gasteiger partial charge in [0.05, 0.1) is 19.3 Å². The van der Waals surface area contributed by atoms with Crippen LogP contribution in [0, 0.1) is 17.0 Å². The predicted octanol–water partition coefficient (Wildman–Crippen LogP) is 7.96. The van der Waals surface area contributed by atoms with Crippen molar-refractivity contribution in [3.05, 3.63) is 117 Å². The molecule has 2 bridgehead atoms. The van der Waals surface area contributed by atoms with Crippen molar-refractivity contribution in [2.45, 2.75) is 57.0 Å². The van der Waals surface area contributed by atoms with Crippen molar-refractivity contribution >= 4 is 40.8 Å². The van der Waals surface area contributed by atoms with Crippen LogP contribution in [-0.4, -0.2) is 62.9 Å². The van der Waals surface area contributed by atoms with Crippen molar-refractivity contribution in [2.75, 3.05) is 38.7 Å². The summed E-state index contributed by atoms with van der Waals surface area (Å²) in [7, 11) is 1.54. The molecule has 1 aromatic heterocycles. The molecule has 1 unspecified atom stereocenters. The number of anilines is 1. The zero-order valence-electron chi connectivity index (χ0n) is 30.5. The Kier molecular flexibility index (Phi) is 12.3. The molecular weight excluding hydrogens is 771 g/mol. The average Bonchev–Trinajstić information content (AvgIpc) is 4.02. The Labute approximate surface area is 332 Å². The summed E-state index contributed by atoms with van der Waals surface area (Å²) in [6.45, 7) is -0.0529. The number of alkyl halides is 2. The molecule has 3 saturated heterocycles. The lowest BCUT2D eigenvalue weighted by Crippen LogP contribution is -2.52. The molecule has 4 aromatic rings. The number of pyridine rings is 1. The van der Waals surface area contributed by atoms with E-state index in [2.05, 4.69) is 10.2 Å². The number of methoxy groups -OCH3 is 1. The van der Waals surface area contributed by atoms with Crippen molar-refractivity contribution in [1.29, 1.82) is 0 Å². The predicted molar refractivity (Wildman–Crippen MR) is 203 cm³/mol. The Hall–Kier alpha value is -4.85. The van der Waals surface area contributed by atoms with E-state index < -0.39 is 30.7 Å². The van der Waals surface area contributed by atoms with Gasteiger partial charge in [-0.15, -0.1) is 0 Å². The molecule has 56 heavy (non-hydrogen) atoms. The maximum Gasteiger partial charge on any atom is 0.387 e. The Bertz CT molecular complexity index is 2010. The van der Waals surface area contributed by atoms with Crippen molar-refractivity contribution in [1.82, 2.24) is 4.90 Å². The molecule has 4 aliphatic rings. The molecule has 8 rings (SSSR count). The van der Waals surface area contributed by atoms with Gasteiger partial charge in [-0.3, -0.25) is 4.90 Å². The second-order valence-electron chi connectivity index (χ2n) is 14.2. The quantitative estimate of drug-likeness (QED) is 0.0678. The minimum absolute atomic E-state index is 0.0449. The fraction of sp³-hybridized carbons (Fsp3) is 0.390. The molecule has 1 saturated carbocycles. The van der Waals surface area contributed by atoms with Gasteiger partial charge in [0.15, 0.2) is 29.9 Å². The largest absolute Gasteiger partial charge is 0.619 e. The third-order valence-electron chi connectivity index (χ3n) is 10.4. The molecular formula is C41H41Cl2F2N3O8. The third-order valence-corrected chi connectivity index (χ3v) is 11.1. The van der Waals surface area contributed by atoms with E-state index in [1.807, 2.05) is 12.1 Å². The van der Waals surface area contributed by atoms with Crippen LogP contribution in [0.15, 0.2) is 79.1 Å². The van der Waals surface area contributed by atoms with E-state index in [0.717, 1.165) is 51.2 Å². The normalized spacial score (nSPS) is 19.9. The molecule has 296 valence electrons. The Morgan fingerprint density at radius 1 is 0.946 bits per heavy atom. The summed E-state index contributed by atoms with van der Waals surface area (Å²) in [6, 6.07) is 17.0. The van der Waals surface area contributed by atoms with E-state index in [0.29, 0.717) is 57.8 Å². The zero-order chi connectivity index (χ0) is 39.3. The van der Waals surface area contributed by atoms with E-state index in [1.165, 1.54) is 25.3 Å². The van der Waals surface area contributed by atoms with Gasteiger partial charge in [-0.05, 0) is 98.6 Å². The van der Waals surface area contributed by atoms with E-state index in [-0.39, 0.29) is 39.6 Å². The molecule has 15 heteroatoms. The summed E-state index contributed by atoms with van der Waals surface area (Å²) in [6.07, 6.45) is 4.84. The van der Waals surface area contributed by atoms with Gasteiger partial charge in [0, 0.05) is 29.8 Å². The lowest BCUT2D eigenvalue weighted by atomic mass is 9.86. The first kappa shape index (κ1) is 39.4. The third kappa shape index (κ3) is 9.56. The number of ether oxygens (including phenoxy) is 5. The zero-order valence-corrected chi connectivity index (χ0v) is 32.0. The Morgan fingerprint density at radius 2 is 1.66 bits per heavy atom. The average molecular weight is 813 g/mol. The topological polar surface area (TPSA) is 122 Å². The van der Waals surface area contributed by atoms with Gasteiger partial charge < -0.3 is 34.2 Å². The van der Waals surface area contributed by atoms with Crippen LogP contribution >= 0.6 is 23.2 Å². The number of piperidine rings is 3. The van der Waals surface area contributed by atoms with E-state index in [1.54, 1.807) is 36.4 Å². The number of benzene rings is 3. The highest BCUT2D eigenvalue weighted by Crippen LogP contribution is 2.39. The van der Waals surface area contributed by atoms with Gasteiger partial charge in [0.25, 0.3) is 0 Å². The van der Waals surface area contributed by atoms with Crippen LogP contribution in [0.4, 0.5) is 14.5 Å². The Morgan fingerprint density at radius 3 is 2.30 bits per heavy atom. The summed E-state index contributed by atoms with van der Waals surface area (Å²) < 4.78 is 55.4. The molecule has 11 nitrogen and oxygen atoms in total. The molecule has 0 spiro atoms. The summed E-state index contributed by atoms with van der Waals surface area (Å²) in [5.41, 5.74) is 2.02. The second kappa shape index (κ2) is 17.5. The van der Waals surface area contributed by atoms with E-state index >= 15 is 0 Å². The maximum absolute atomic E-state index is 13.9. The minimum atomic E-state index is -3.09. The number of para-hydroxylation sites is 1. The number of carbonyl (C=O) groups excluding carboxylic acids is 2. The van der Waals surface area contributed by atoms with Gasteiger partial charge in [0.1, 0.15) is 28.0 Å². The number of carbonyl (C=O) groups is 2. The standard InChI is InChI=1S/C41H41Cl2F2N3O8/c1-52-33-5-3-2-4-29(33)38(40(50)55-37-22-47-16-14-25(37)15-17-47)46-28-11-8-26(9-12-28)39(49)54-35(19-30-31(42)20-48(51)21-32(30)43)27-10-13-34(56-41(44)45)36(18-27)53-23-24-6-7-24/h2-5,8-13,18,20-21,24-25,35,37-38,41,46H,6-7,14-17,19,22-23H2,1H3/t35-,37-,38?/m0/s1. The minimum Gasteiger partial charge on any atom is -0.619 e. The molecule has 1 aliphatic carbocycles. The summed E-state index contributed by atoms with van der Waals surface area (Å²) >= 11 is 12.8. The van der Waals surface area contributed by atoms with Gasteiger partial charge in [-0.25, -0.2) is 9.59 Å². The highest BCUT2D eigenvalue weighted by Gasteiger charge is 2.38. The number of hydrogen-bond donors (Lipinski definition) is 1. The first-order chi connectivity index (χ1) is 27.0. The summed E-state index contributed by atoms with van der Waals surface area (Å²) in [5.74, 6) is -0.124. The molecule has 0 radical (unpaired) electrons. The maximum atomic E-state index is 13.9. The number of fused-ring (bicyclic) bond motifs is 3. The molecule has 1 N–H and O–H groups in total. The van der Waals surface area contributed by atoms with Crippen LogP contribution in [0.1, 0.15) is 64.9 Å². The monoisotopic (exact) mass is 811 g/mol. The van der Waals surface area contributed by atoms with Gasteiger partial charge in [0.2, 0.25) is 0 Å². The van der Waals surface area contributed by atoms with Gasteiger partial charge >= 0.3 is 18.6 Å². The fourth-order valence-electron chi connectivity index (χ4n) is 7.16. The first-order valence-electron chi connectivity index (χ1n) is 18.5. The second-order valence-corrected chi connectivity index (χ2v) is 15.1. The van der Waals surface area contributed by atoms with Gasteiger partial charge in [-0.2, -0.15) is 13.5 Å². The van der Waals surface area contributed by atoms with Crippen LogP contribution in [0.2, 0.25) is 10.0 Å². The molecule has 3 aromatic carbocycles. The van der Waals surface area contributed by atoms with Crippen LogP contribution in [0.3, 0.4) is 0 Å². The van der Waals surface area contributed by atoms with Crippen LogP contribution in [0.5, 0.6) is 17.2 Å². The van der Waals surface area contributed by atoms with E-state index in [9.17, 15) is 23.6 Å². The van der Waals surface area contributed by atoms with Crippen molar-refractivity contribution in [3.63, 3.8) is 0 Å².